The Morgan fingerprint density at radius 1 is 1.21 bits per heavy atom. The molecule has 2 aromatic rings. The predicted octanol–water partition coefficient (Wildman–Crippen LogP) is 3.84. The van der Waals surface area contributed by atoms with Gasteiger partial charge in [-0.25, -0.2) is 4.98 Å². The Bertz CT molecular complexity index is 645. The van der Waals surface area contributed by atoms with Crippen LogP contribution in [-0.2, 0) is 11.3 Å². The molecule has 0 aliphatic carbocycles. The number of thiazole rings is 1. The molecule has 0 radical (unpaired) electrons. The number of hydrogen-bond donors (Lipinski definition) is 1. The fraction of sp³-hybridized carbons (Fsp3) is 0.500. The molecule has 0 saturated carbocycles. The number of nitrogens with zero attached hydrogens (tertiary/aromatic N) is 1. The molecule has 0 unspecified atom stereocenters. The Morgan fingerprint density at radius 2 is 2.08 bits per heavy atom. The molecule has 0 bridgehead atoms. The van der Waals surface area contributed by atoms with Gasteiger partial charge in [-0.05, 0) is 37.6 Å². The molecule has 1 N–H and O–H groups in total. The summed E-state index contributed by atoms with van der Waals surface area (Å²) in [5.74, 6) is 1.60. The summed E-state index contributed by atoms with van der Waals surface area (Å²) in [6.45, 7) is 5.91. The van der Waals surface area contributed by atoms with Gasteiger partial charge in [-0.3, -0.25) is 0 Å². The van der Waals surface area contributed by atoms with Crippen molar-refractivity contribution in [1.29, 1.82) is 0 Å². The molecule has 1 aliphatic heterocycles. The highest BCUT2D eigenvalue weighted by Crippen LogP contribution is 2.36. The number of hydrogen-bond acceptors (Lipinski definition) is 6. The van der Waals surface area contributed by atoms with Crippen LogP contribution in [0.1, 0.15) is 31.9 Å². The van der Waals surface area contributed by atoms with E-state index in [4.69, 9.17) is 19.2 Å². The second-order valence-corrected chi connectivity index (χ2v) is 6.57. The zero-order valence-electron chi connectivity index (χ0n) is 14.0. The van der Waals surface area contributed by atoms with Gasteiger partial charge in [-0.2, -0.15) is 0 Å². The van der Waals surface area contributed by atoms with Crippen molar-refractivity contribution in [3.63, 3.8) is 0 Å². The summed E-state index contributed by atoms with van der Waals surface area (Å²) >= 11 is 1.65. The molecular formula is C18H24N2O3S. The minimum Gasteiger partial charge on any atom is -0.454 e. The number of rotatable bonds is 10. The van der Waals surface area contributed by atoms with Crippen molar-refractivity contribution >= 4 is 11.3 Å². The molecule has 0 fully saturated rings. The number of ether oxygens (including phenoxy) is 3. The highest BCUT2D eigenvalue weighted by Gasteiger charge is 2.15. The zero-order valence-corrected chi connectivity index (χ0v) is 14.9. The molecule has 1 aromatic heterocycles. The quantitative estimate of drug-likeness (QED) is 0.661. The van der Waals surface area contributed by atoms with E-state index in [1.807, 2.05) is 18.2 Å². The van der Waals surface area contributed by atoms with E-state index in [1.54, 1.807) is 11.3 Å². The van der Waals surface area contributed by atoms with Gasteiger partial charge in [-0.15, -0.1) is 11.3 Å². The molecule has 130 valence electrons. The maximum atomic E-state index is 5.55. The van der Waals surface area contributed by atoms with Gasteiger partial charge in [-0.1, -0.05) is 13.3 Å². The molecule has 0 saturated heterocycles. The first-order chi connectivity index (χ1) is 11.9. The standard InChI is InChI=1S/C18H24N2O3S/c1-2-3-8-21-9-4-7-19-11-15-12-24-18(20-15)14-5-6-16-17(10-14)23-13-22-16/h5-6,10,12,19H,2-4,7-9,11,13H2,1H3. The van der Waals surface area contributed by atoms with Gasteiger partial charge in [0.15, 0.2) is 11.5 Å². The first kappa shape index (κ1) is 17.2. The summed E-state index contributed by atoms with van der Waals surface area (Å²) in [7, 11) is 0. The molecule has 0 atom stereocenters. The average molecular weight is 348 g/mol. The Balaban J connectivity index is 1.41. The molecule has 1 aliphatic rings. The summed E-state index contributed by atoms with van der Waals surface area (Å²) in [6, 6.07) is 5.96. The summed E-state index contributed by atoms with van der Waals surface area (Å²) < 4.78 is 16.3. The lowest BCUT2D eigenvalue weighted by Crippen LogP contribution is -2.16. The van der Waals surface area contributed by atoms with Gasteiger partial charge in [0.1, 0.15) is 5.01 Å². The van der Waals surface area contributed by atoms with Crippen molar-refractivity contribution in [3.8, 4) is 22.1 Å². The van der Waals surface area contributed by atoms with Crippen LogP contribution in [0, 0.1) is 0 Å². The number of aromatic nitrogens is 1. The number of unbranched alkanes of at least 4 members (excludes halogenated alkanes) is 1. The van der Waals surface area contributed by atoms with E-state index in [-0.39, 0.29) is 0 Å². The molecule has 0 spiro atoms. The highest BCUT2D eigenvalue weighted by molar-refractivity contribution is 7.13. The van der Waals surface area contributed by atoms with Gasteiger partial charge < -0.3 is 19.5 Å². The molecule has 2 heterocycles. The van der Waals surface area contributed by atoms with Crippen LogP contribution in [0.15, 0.2) is 23.6 Å². The van der Waals surface area contributed by atoms with Gasteiger partial charge in [0.25, 0.3) is 0 Å². The van der Waals surface area contributed by atoms with Gasteiger partial charge >= 0.3 is 0 Å². The topological polar surface area (TPSA) is 52.6 Å². The zero-order chi connectivity index (χ0) is 16.6. The third-order valence-electron chi connectivity index (χ3n) is 3.76. The third-order valence-corrected chi connectivity index (χ3v) is 4.70. The van der Waals surface area contributed by atoms with Crippen molar-refractivity contribution in [2.24, 2.45) is 0 Å². The molecule has 3 rings (SSSR count). The van der Waals surface area contributed by atoms with Crippen molar-refractivity contribution < 1.29 is 14.2 Å². The molecule has 24 heavy (non-hydrogen) atoms. The van der Waals surface area contributed by atoms with Crippen LogP contribution in [0.4, 0.5) is 0 Å². The van der Waals surface area contributed by atoms with E-state index in [9.17, 15) is 0 Å². The average Bonchev–Trinajstić information content (AvgIpc) is 3.25. The van der Waals surface area contributed by atoms with Crippen molar-refractivity contribution in [2.45, 2.75) is 32.7 Å². The maximum absolute atomic E-state index is 5.55. The fourth-order valence-electron chi connectivity index (χ4n) is 2.41. The molecule has 1 aromatic carbocycles. The van der Waals surface area contributed by atoms with Crippen LogP contribution < -0.4 is 14.8 Å². The minimum atomic E-state index is 0.300. The van der Waals surface area contributed by atoms with Crippen LogP contribution >= 0.6 is 11.3 Å². The lowest BCUT2D eigenvalue weighted by atomic mass is 10.2. The van der Waals surface area contributed by atoms with E-state index in [0.29, 0.717) is 6.79 Å². The van der Waals surface area contributed by atoms with E-state index in [0.717, 1.165) is 66.9 Å². The largest absolute Gasteiger partial charge is 0.454 e. The lowest BCUT2D eigenvalue weighted by molar-refractivity contribution is 0.128. The maximum Gasteiger partial charge on any atom is 0.231 e. The number of fused-ring (bicyclic) bond motifs is 1. The summed E-state index contributed by atoms with van der Waals surface area (Å²) in [5, 5.41) is 6.53. The van der Waals surface area contributed by atoms with Crippen LogP contribution in [0.2, 0.25) is 0 Å². The van der Waals surface area contributed by atoms with Crippen molar-refractivity contribution in [3.05, 3.63) is 29.3 Å². The second-order valence-electron chi connectivity index (χ2n) is 5.71. The first-order valence-electron chi connectivity index (χ1n) is 8.49. The summed E-state index contributed by atoms with van der Waals surface area (Å²) in [6.07, 6.45) is 3.37. The summed E-state index contributed by atoms with van der Waals surface area (Å²) in [5.41, 5.74) is 2.14. The molecular weight excluding hydrogens is 324 g/mol. The second kappa shape index (κ2) is 9.01. The Morgan fingerprint density at radius 3 is 3.00 bits per heavy atom. The molecule has 0 amide bonds. The van der Waals surface area contributed by atoms with E-state index in [2.05, 4.69) is 17.6 Å². The molecule has 6 heteroatoms. The van der Waals surface area contributed by atoms with Crippen LogP contribution in [0.5, 0.6) is 11.5 Å². The monoisotopic (exact) mass is 348 g/mol. The van der Waals surface area contributed by atoms with Gasteiger partial charge in [0.2, 0.25) is 6.79 Å². The van der Waals surface area contributed by atoms with Gasteiger partial charge in [0, 0.05) is 30.7 Å². The third kappa shape index (κ3) is 4.69. The predicted molar refractivity (Wildman–Crippen MR) is 95.7 cm³/mol. The minimum absolute atomic E-state index is 0.300. The van der Waals surface area contributed by atoms with Crippen LogP contribution in [-0.4, -0.2) is 31.5 Å². The number of benzene rings is 1. The Labute approximate surface area is 147 Å². The Hall–Kier alpha value is -1.63. The summed E-state index contributed by atoms with van der Waals surface area (Å²) in [4.78, 5) is 4.69. The van der Waals surface area contributed by atoms with Crippen LogP contribution in [0.3, 0.4) is 0 Å². The van der Waals surface area contributed by atoms with E-state index in [1.165, 1.54) is 6.42 Å². The SMILES string of the molecule is CCCCOCCCNCc1csc(-c2ccc3c(c2)OCO3)n1. The van der Waals surface area contributed by atoms with E-state index < -0.39 is 0 Å². The highest BCUT2D eigenvalue weighted by atomic mass is 32.1. The van der Waals surface area contributed by atoms with Gasteiger partial charge in [0.05, 0.1) is 5.69 Å². The first-order valence-corrected chi connectivity index (χ1v) is 9.37. The smallest absolute Gasteiger partial charge is 0.231 e. The van der Waals surface area contributed by atoms with Crippen molar-refractivity contribution in [2.75, 3.05) is 26.6 Å². The van der Waals surface area contributed by atoms with Crippen LogP contribution in [0.25, 0.3) is 10.6 Å². The normalized spacial score (nSPS) is 12.7. The number of nitrogens with one attached hydrogen (secondary N) is 1. The Kier molecular flexibility index (Phi) is 6.46. The fourth-order valence-corrected chi connectivity index (χ4v) is 3.23. The van der Waals surface area contributed by atoms with Crippen molar-refractivity contribution in [1.82, 2.24) is 10.3 Å². The van der Waals surface area contributed by atoms with E-state index >= 15 is 0 Å². The molecule has 5 nitrogen and oxygen atoms in total. The lowest BCUT2D eigenvalue weighted by Gasteiger charge is -2.04.